The van der Waals surface area contributed by atoms with Crippen LogP contribution in [0.5, 0.6) is 11.5 Å². The van der Waals surface area contributed by atoms with E-state index in [4.69, 9.17) is 9.47 Å². The molecule has 0 atom stereocenters. The topological polar surface area (TPSA) is 59.1 Å². The molecule has 2 amide bonds. The number of amides is 2. The Labute approximate surface area is 165 Å². The molecule has 2 aromatic carbocycles. The maximum Gasteiger partial charge on any atom is 0.253 e. The summed E-state index contributed by atoms with van der Waals surface area (Å²) in [7, 11) is 3.16. The predicted molar refractivity (Wildman–Crippen MR) is 108 cm³/mol. The molecule has 1 heterocycles. The Morgan fingerprint density at radius 2 is 1.50 bits per heavy atom. The van der Waals surface area contributed by atoms with E-state index in [9.17, 15) is 9.59 Å². The quantitative estimate of drug-likeness (QED) is 0.749. The highest BCUT2D eigenvalue weighted by Gasteiger charge is 2.23. The lowest BCUT2D eigenvalue weighted by Gasteiger charge is -2.34. The number of rotatable bonds is 5. The van der Waals surface area contributed by atoms with Crippen molar-refractivity contribution in [1.29, 1.82) is 0 Å². The Morgan fingerprint density at radius 3 is 2.14 bits per heavy atom. The lowest BCUT2D eigenvalue weighted by molar-refractivity contribution is -0.127. The zero-order valence-corrected chi connectivity index (χ0v) is 16.1. The fourth-order valence-electron chi connectivity index (χ4n) is 3.12. The molecule has 1 saturated heterocycles. The van der Waals surface area contributed by atoms with Crippen LogP contribution in [0.3, 0.4) is 0 Å². The minimum absolute atomic E-state index is 0.00793. The van der Waals surface area contributed by atoms with Crippen LogP contribution in [0.2, 0.25) is 0 Å². The van der Waals surface area contributed by atoms with Crippen LogP contribution in [-0.2, 0) is 4.79 Å². The summed E-state index contributed by atoms with van der Waals surface area (Å²) in [5, 5.41) is 0. The predicted octanol–water partition coefficient (Wildman–Crippen LogP) is 2.70. The van der Waals surface area contributed by atoms with Gasteiger partial charge in [0.25, 0.3) is 5.91 Å². The maximum absolute atomic E-state index is 12.5. The molecule has 0 aromatic heterocycles. The number of hydrogen-bond donors (Lipinski definition) is 0. The summed E-state index contributed by atoms with van der Waals surface area (Å²) < 4.78 is 10.5. The zero-order chi connectivity index (χ0) is 19.9. The van der Waals surface area contributed by atoms with Crippen molar-refractivity contribution in [3.05, 3.63) is 65.7 Å². The fourth-order valence-corrected chi connectivity index (χ4v) is 3.12. The molecule has 2 aromatic rings. The summed E-state index contributed by atoms with van der Waals surface area (Å²) in [5.74, 6) is 1.20. The van der Waals surface area contributed by atoms with Gasteiger partial charge in [0, 0.05) is 37.8 Å². The van der Waals surface area contributed by atoms with E-state index in [-0.39, 0.29) is 11.8 Å². The minimum Gasteiger partial charge on any atom is -0.493 e. The number of nitrogens with zero attached hydrogens (tertiary/aromatic N) is 2. The van der Waals surface area contributed by atoms with E-state index < -0.39 is 0 Å². The fraction of sp³-hybridized carbons (Fsp3) is 0.273. The summed E-state index contributed by atoms with van der Waals surface area (Å²) in [6.07, 6.45) is 3.31. The molecule has 146 valence electrons. The Balaban J connectivity index is 1.57. The number of carbonyl (C=O) groups excluding carboxylic acids is 2. The Hall–Kier alpha value is -3.28. The van der Waals surface area contributed by atoms with Gasteiger partial charge < -0.3 is 19.3 Å². The molecular formula is C22H24N2O4. The van der Waals surface area contributed by atoms with Gasteiger partial charge in [-0.15, -0.1) is 0 Å². The molecule has 0 radical (unpaired) electrons. The first-order chi connectivity index (χ1) is 13.6. The van der Waals surface area contributed by atoms with Gasteiger partial charge in [-0.1, -0.05) is 24.3 Å². The van der Waals surface area contributed by atoms with E-state index in [2.05, 4.69) is 0 Å². The van der Waals surface area contributed by atoms with Gasteiger partial charge in [-0.2, -0.15) is 0 Å². The van der Waals surface area contributed by atoms with E-state index in [1.54, 1.807) is 42.2 Å². The van der Waals surface area contributed by atoms with Gasteiger partial charge in [-0.25, -0.2) is 0 Å². The van der Waals surface area contributed by atoms with Crippen molar-refractivity contribution >= 4 is 17.9 Å². The largest absolute Gasteiger partial charge is 0.493 e. The van der Waals surface area contributed by atoms with Gasteiger partial charge >= 0.3 is 0 Å². The number of benzene rings is 2. The van der Waals surface area contributed by atoms with Crippen LogP contribution in [0.4, 0.5) is 0 Å². The van der Waals surface area contributed by atoms with Crippen LogP contribution in [0.1, 0.15) is 15.9 Å². The second kappa shape index (κ2) is 9.08. The lowest BCUT2D eigenvalue weighted by atomic mass is 10.1. The first kappa shape index (κ1) is 19.5. The zero-order valence-electron chi connectivity index (χ0n) is 16.1. The van der Waals surface area contributed by atoms with E-state index >= 15 is 0 Å². The second-order valence-electron chi connectivity index (χ2n) is 6.43. The van der Waals surface area contributed by atoms with Crippen molar-refractivity contribution in [2.24, 2.45) is 0 Å². The molecule has 0 unspecified atom stereocenters. The van der Waals surface area contributed by atoms with Crippen LogP contribution >= 0.6 is 0 Å². The van der Waals surface area contributed by atoms with Gasteiger partial charge in [0.15, 0.2) is 11.5 Å². The van der Waals surface area contributed by atoms with E-state index in [1.165, 1.54) is 0 Å². The third-order valence-corrected chi connectivity index (χ3v) is 4.73. The van der Waals surface area contributed by atoms with Crippen LogP contribution in [0.15, 0.2) is 54.6 Å². The smallest absolute Gasteiger partial charge is 0.253 e. The standard InChI is InChI=1S/C22H24N2O4/c1-27-19-10-8-17(16-20(19)28-2)9-11-21(25)23-12-14-24(15-13-23)22(26)18-6-4-3-5-7-18/h3-11,16H,12-15H2,1-2H3/b11-9+. The molecule has 0 bridgehead atoms. The van der Waals surface area contributed by atoms with E-state index in [0.717, 1.165) is 5.56 Å². The van der Waals surface area contributed by atoms with Crippen LogP contribution in [0.25, 0.3) is 6.08 Å². The first-order valence-electron chi connectivity index (χ1n) is 9.15. The highest BCUT2D eigenvalue weighted by molar-refractivity contribution is 5.95. The minimum atomic E-state index is -0.0680. The molecule has 0 N–H and O–H groups in total. The van der Waals surface area contributed by atoms with Crippen molar-refractivity contribution in [3.63, 3.8) is 0 Å². The SMILES string of the molecule is COc1ccc(/C=C/C(=O)N2CCN(C(=O)c3ccccc3)CC2)cc1OC. The number of ether oxygens (including phenoxy) is 2. The second-order valence-corrected chi connectivity index (χ2v) is 6.43. The van der Waals surface area contributed by atoms with E-state index in [0.29, 0.717) is 43.2 Å². The summed E-state index contributed by atoms with van der Waals surface area (Å²) >= 11 is 0. The number of hydrogen-bond acceptors (Lipinski definition) is 4. The molecule has 6 nitrogen and oxygen atoms in total. The lowest BCUT2D eigenvalue weighted by Crippen LogP contribution is -2.50. The number of methoxy groups -OCH3 is 2. The van der Waals surface area contributed by atoms with Crippen LogP contribution in [-0.4, -0.2) is 62.0 Å². The highest BCUT2D eigenvalue weighted by Crippen LogP contribution is 2.28. The van der Waals surface area contributed by atoms with Crippen molar-refractivity contribution in [2.75, 3.05) is 40.4 Å². The Morgan fingerprint density at radius 1 is 0.857 bits per heavy atom. The maximum atomic E-state index is 12.5. The molecule has 1 fully saturated rings. The first-order valence-corrected chi connectivity index (χ1v) is 9.15. The van der Waals surface area contributed by atoms with Crippen LogP contribution < -0.4 is 9.47 Å². The molecule has 1 aliphatic rings. The normalized spacial score (nSPS) is 14.2. The number of carbonyl (C=O) groups is 2. The average molecular weight is 380 g/mol. The van der Waals surface area contributed by atoms with Gasteiger partial charge in [-0.05, 0) is 35.9 Å². The molecular weight excluding hydrogens is 356 g/mol. The third kappa shape index (κ3) is 4.52. The summed E-state index contributed by atoms with van der Waals surface area (Å²) in [6, 6.07) is 14.7. The molecule has 3 rings (SSSR count). The average Bonchev–Trinajstić information content (AvgIpc) is 2.77. The molecule has 0 aliphatic carbocycles. The van der Waals surface area contributed by atoms with Crippen molar-refractivity contribution in [1.82, 2.24) is 9.80 Å². The van der Waals surface area contributed by atoms with Crippen molar-refractivity contribution in [2.45, 2.75) is 0 Å². The Kier molecular flexibility index (Phi) is 6.32. The number of piperazine rings is 1. The molecule has 0 spiro atoms. The van der Waals surface area contributed by atoms with Gasteiger partial charge in [0.2, 0.25) is 5.91 Å². The highest BCUT2D eigenvalue weighted by atomic mass is 16.5. The third-order valence-electron chi connectivity index (χ3n) is 4.73. The summed E-state index contributed by atoms with van der Waals surface area (Å²) in [5.41, 5.74) is 1.53. The van der Waals surface area contributed by atoms with Crippen molar-refractivity contribution in [3.8, 4) is 11.5 Å². The Bertz CT molecular complexity index is 856. The summed E-state index contributed by atoms with van der Waals surface area (Å²) in [4.78, 5) is 28.5. The van der Waals surface area contributed by atoms with Gasteiger partial charge in [-0.3, -0.25) is 9.59 Å². The van der Waals surface area contributed by atoms with Gasteiger partial charge in [0.05, 0.1) is 14.2 Å². The molecule has 0 saturated carbocycles. The monoisotopic (exact) mass is 380 g/mol. The van der Waals surface area contributed by atoms with Crippen molar-refractivity contribution < 1.29 is 19.1 Å². The molecule has 28 heavy (non-hydrogen) atoms. The van der Waals surface area contributed by atoms with Crippen LogP contribution in [0, 0.1) is 0 Å². The van der Waals surface area contributed by atoms with E-state index in [1.807, 2.05) is 42.5 Å². The summed E-state index contributed by atoms with van der Waals surface area (Å²) in [6.45, 7) is 2.11. The van der Waals surface area contributed by atoms with Gasteiger partial charge in [0.1, 0.15) is 0 Å². The molecule has 6 heteroatoms. The molecule has 1 aliphatic heterocycles.